The number of carbonyl (C=O) groups is 3. The lowest BCUT2D eigenvalue weighted by Gasteiger charge is -2.22. The molecule has 1 fully saturated rings. The standard InChI is InChI=1S/C22H25N3O4/c1-15(2)17-7-5-16(6-8-17)13-23(3)14-24-20(26)21(27)25(22(24)28)18-9-11-19(29-4)12-10-18/h5-12,15H,13-14H2,1-4H3. The van der Waals surface area contributed by atoms with Gasteiger partial charge in [-0.1, -0.05) is 38.1 Å². The Bertz CT molecular complexity index is 907. The Hall–Kier alpha value is -3.19. The second-order valence-electron chi connectivity index (χ2n) is 7.41. The van der Waals surface area contributed by atoms with Crippen LogP contribution in [0.3, 0.4) is 0 Å². The van der Waals surface area contributed by atoms with E-state index in [0.717, 1.165) is 15.4 Å². The molecular formula is C22H25N3O4. The Balaban J connectivity index is 1.69. The topological polar surface area (TPSA) is 70.2 Å². The zero-order chi connectivity index (χ0) is 21.1. The summed E-state index contributed by atoms with van der Waals surface area (Å²) in [6.07, 6.45) is 0. The van der Waals surface area contributed by atoms with Gasteiger partial charge in [-0.3, -0.25) is 14.5 Å². The van der Waals surface area contributed by atoms with Crippen molar-refractivity contribution in [3.8, 4) is 5.75 Å². The molecule has 7 heteroatoms. The molecule has 2 aromatic rings. The third-order valence-corrected chi connectivity index (χ3v) is 4.87. The van der Waals surface area contributed by atoms with Gasteiger partial charge in [0.25, 0.3) is 0 Å². The molecule has 0 unspecified atom stereocenters. The second-order valence-corrected chi connectivity index (χ2v) is 7.41. The van der Waals surface area contributed by atoms with E-state index in [4.69, 9.17) is 4.74 Å². The van der Waals surface area contributed by atoms with E-state index in [2.05, 4.69) is 26.0 Å². The molecule has 0 radical (unpaired) electrons. The van der Waals surface area contributed by atoms with Crippen molar-refractivity contribution < 1.29 is 19.1 Å². The number of imide groups is 2. The smallest absolute Gasteiger partial charge is 0.340 e. The molecule has 7 nitrogen and oxygen atoms in total. The van der Waals surface area contributed by atoms with Gasteiger partial charge in [0.15, 0.2) is 0 Å². The van der Waals surface area contributed by atoms with Gasteiger partial charge in [0, 0.05) is 6.54 Å². The summed E-state index contributed by atoms with van der Waals surface area (Å²) in [4.78, 5) is 41.2. The van der Waals surface area contributed by atoms with Crippen LogP contribution in [-0.2, 0) is 16.1 Å². The van der Waals surface area contributed by atoms with Gasteiger partial charge in [0.1, 0.15) is 5.75 Å². The van der Waals surface area contributed by atoms with Crippen molar-refractivity contribution in [1.82, 2.24) is 9.80 Å². The average Bonchev–Trinajstić information content (AvgIpc) is 2.92. The maximum atomic E-state index is 12.7. The van der Waals surface area contributed by atoms with Gasteiger partial charge in [-0.2, -0.15) is 0 Å². The van der Waals surface area contributed by atoms with Crippen molar-refractivity contribution in [2.24, 2.45) is 0 Å². The van der Waals surface area contributed by atoms with E-state index < -0.39 is 17.8 Å². The van der Waals surface area contributed by atoms with Crippen molar-refractivity contribution in [3.05, 3.63) is 59.7 Å². The summed E-state index contributed by atoms with van der Waals surface area (Å²) in [5, 5.41) is 0. The molecule has 2 aromatic carbocycles. The first-order valence-electron chi connectivity index (χ1n) is 9.43. The van der Waals surface area contributed by atoms with Gasteiger partial charge in [0.2, 0.25) is 0 Å². The van der Waals surface area contributed by atoms with Crippen molar-refractivity contribution in [2.45, 2.75) is 26.3 Å². The van der Waals surface area contributed by atoms with Gasteiger partial charge in [-0.25, -0.2) is 14.6 Å². The van der Waals surface area contributed by atoms with Crippen LogP contribution in [0.5, 0.6) is 5.75 Å². The minimum absolute atomic E-state index is 0.0298. The fourth-order valence-electron chi connectivity index (χ4n) is 3.20. The summed E-state index contributed by atoms with van der Waals surface area (Å²) in [6.45, 7) is 4.85. The van der Waals surface area contributed by atoms with E-state index in [1.165, 1.54) is 12.7 Å². The van der Waals surface area contributed by atoms with Crippen LogP contribution < -0.4 is 9.64 Å². The Labute approximate surface area is 170 Å². The molecule has 29 heavy (non-hydrogen) atoms. The zero-order valence-corrected chi connectivity index (χ0v) is 17.1. The molecule has 0 aromatic heterocycles. The molecule has 0 saturated carbocycles. The maximum absolute atomic E-state index is 12.7. The molecule has 152 valence electrons. The van der Waals surface area contributed by atoms with E-state index in [-0.39, 0.29) is 6.67 Å². The van der Waals surface area contributed by atoms with Gasteiger partial charge >= 0.3 is 17.8 Å². The first-order chi connectivity index (χ1) is 13.8. The summed E-state index contributed by atoms with van der Waals surface area (Å²) < 4.78 is 5.08. The lowest BCUT2D eigenvalue weighted by molar-refractivity contribution is -0.140. The van der Waals surface area contributed by atoms with Crippen LogP contribution in [-0.4, -0.2) is 48.5 Å². The van der Waals surface area contributed by atoms with Crippen LogP contribution >= 0.6 is 0 Å². The average molecular weight is 395 g/mol. The van der Waals surface area contributed by atoms with E-state index in [0.29, 0.717) is 23.9 Å². The third kappa shape index (κ3) is 4.30. The Morgan fingerprint density at radius 1 is 0.931 bits per heavy atom. The minimum Gasteiger partial charge on any atom is -0.497 e. The lowest BCUT2D eigenvalue weighted by Crippen LogP contribution is -2.40. The van der Waals surface area contributed by atoms with Crippen molar-refractivity contribution in [1.29, 1.82) is 0 Å². The monoisotopic (exact) mass is 395 g/mol. The molecule has 1 saturated heterocycles. The number of hydrogen-bond donors (Lipinski definition) is 0. The number of anilines is 1. The SMILES string of the molecule is COc1ccc(N2C(=O)C(=O)N(CN(C)Cc3ccc(C(C)C)cc3)C2=O)cc1. The van der Waals surface area contributed by atoms with Crippen LogP contribution in [0.4, 0.5) is 10.5 Å². The van der Waals surface area contributed by atoms with E-state index in [1.54, 1.807) is 31.3 Å². The number of urea groups is 1. The molecule has 0 aliphatic carbocycles. The van der Waals surface area contributed by atoms with Crippen LogP contribution in [0.15, 0.2) is 48.5 Å². The van der Waals surface area contributed by atoms with E-state index in [1.807, 2.05) is 17.0 Å². The van der Waals surface area contributed by atoms with Gasteiger partial charge in [0.05, 0.1) is 19.5 Å². The first kappa shape index (κ1) is 20.5. The number of benzene rings is 2. The molecule has 0 atom stereocenters. The van der Waals surface area contributed by atoms with Crippen LogP contribution in [0, 0.1) is 0 Å². The van der Waals surface area contributed by atoms with E-state index in [9.17, 15) is 14.4 Å². The summed E-state index contributed by atoms with van der Waals surface area (Å²) in [5.41, 5.74) is 2.65. The fourth-order valence-corrected chi connectivity index (χ4v) is 3.20. The highest BCUT2D eigenvalue weighted by molar-refractivity contribution is 6.52. The highest BCUT2D eigenvalue weighted by atomic mass is 16.5. The van der Waals surface area contributed by atoms with Crippen molar-refractivity contribution in [2.75, 3.05) is 25.7 Å². The summed E-state index contributed by atoms with van der Waals surface area (Å²) in [5.74, 6) is -0.626. The van der Waals surface area contributed by atoms with Crippen LogP contribution in [0.2, 0.25) is 0 Å². The molecule has 0 N–H and O–H groups in total. The molecule has 4 amide bonds. The molecule has 1 aliphatic rings. The second kappa shape index (κ2) is 8.45. The van der Waals surface area contributed by atoms with Gasteiger partial charge < -0.3 is 4.74 Å². The predicted molar refractivity (Wildman–Crippen MR) is 110 cm³/mol. The zero-order valence-electron chi connectivity index (χ0n) is 17.1. The highest BCUT2D eigenvalue weighted by Gasteiger charge is 2.45. The maximum Gasteiger partial charge on any atom is 0.340 e. The number of methoxy groups -OCH3 is 1. The molecule has 0 spiro atoms. The Morgan fingerprint density at radius 2 is 1.55 bits per heavy atom. The molecular weight excluding hydrogens is 370 g/mol. The fraction of sp³-hybridized carbons (Fsp3) is 0.318. The van der Waals surface area contributed by atoms with Crippen LogP contribution in [0.1, 0.15) is 30.9 Å². The molecule has 1 heterocycles. The van der Waals surface area contributed by atoms with Crippen LogP contribution in [0.25, 0.3) is 0 Å². The highest BCUT2D eigenvalue weighted by Crippen LogP contribution is 2.25. The van der Waals surface area contributed by atoms with Crippen molar-refractivity contribution >= 4 is 23.5 Å². The molecule has 0 bridgehead atoms. The molecule has 3 rings (SSSR count). The molecule has 1 aliphatic heterocycles. The number of hydrogen-bond acceptors (Lipinski definition) is 5. The number of amides is 4. The largest absolute Gasteiger partial charge is 0.497 e. The first-order valence-corrected chi connectivity index (χ1v) is 9.43. The summed E-state index contributed by atoms with van der Waals surface area (Å²) >= 11 is 0. The normalized spacial score (nSPS) is 14.5. The number of rotatable bonds is 7. The number of nitrogens with zero attached hydrogens (tertiary/aromatic N) is 3. The number of carbonyl (C=O) groups excluding carboxylic acids is 3. The van der Waals surface area contributed by atoms with Gasteiger partial charge in [-0.05, 0) is 48.4 Å². The predicted octanol–water partition coefficient (Wildman–Crippen LogP) is 3.20. The number of ether oxygens (including phenoxy) is 1. The Kier molecular flexibility index (Phi) is 5.98. The summed E-state index contributed by atoms with van der Waals surface area (Å²) in [7, 11) is 3.33. The minimum atomic E-state index is -0.852. The Morgan fingerprint density at radius 3 is 2.10 bits per heavy atom. The van der Waals surface area contributed by atoms with Crippen molar-refractivity contribution in [3.63, 3.8) is 0 Å². The quantitative estimate of drug-likeness (QED) is 0.532. The summed E-state index contributed by atoms with van der Waals surface area (Å²) in [6, 6.07) is 14.0. The van der Waals surface area contributed by atoms with E-state index >= 15 is 0 Å². The lowest BCUT2D eigenvalue weighted by atomic mass is 10.0. The third-order valence-electron chi connectivity index (χ3n) is 4.87. The van der Waals surface area contributed by atoms with Gasteiger partial charge in [-0.15, -0.1) is 0 Å².